The first kappa shape index (κ1) is 13.3. The van der Waals surface area contributed by atoms with Crippen molar-refractivity contribution in [3.8, 4) is 0 Å². The molecular formula is C14H25N3O2. The van der Waals surface area contributed by atoms with Crippen LogP contribution in [0.25, 0.3) is 0 Å². The highest BCUT2D eigenvalue weighted by Crippen LogP contribution is 2.28. The van der Waals surface area contributed by atoms with E-state index in [0.717, 1.165) is 45.1 Å². The molecule has 3 aliphatic rings. The van der Waals surface area contributed by atoms with E-state index in [2.05, 4.69) is 15.1 Å². The minimum atomic E-state index is -0.789. The highest BCUT2D eigenvalue weighted by Gasteiger charge is 2.41. The maximum Gasteiger partial charge on any atom is 0.324 e. The molecule has 3 fully saturated rings. The van der Waals surface area contributed by atoms with Gasteiger partial charge >= 0.3 is 5.97 Å². The first-order valence-electron chi connectivity index (χ1n) is 7.54. The lowest BCUT2D eigenvalue weighted by atomic mass is 10.0. The molecule has 0 aromatic heterocycles. The van der Waals surface area contributed by atoms with E-state index in [9.17, 15) is 9.90 Å². The van der Waals surface area contributed by atoms with Gasteiger partial charge in [0.05, 0.1) is 0 Å². The van der Waals surface area contributed by atoms with E-state index < -0.39 is 11.5 Å². The molecule has 5 nitrogen and oxygen atoms in total. The molecule has 2 aliphatic carbocycles. The summed E-state index contributed by atoms with van der Waals surface area (Å²) in [6.45, 7) is 6.67. The predicted octanol–water partition coefficient (Wildman–Crippen LogP) is 0.362. The summed E-state index contributed by atoms with van der Waals surface area (Å²) >= 11 is 0. The van der Waals surface area contributed by atoms with Gasteiger partial charge in [0.15, 0.2) is 0 Å². The fourth-order valence-electron chi connectivity index (χ4n) is 3.03. The molecule has 0 aromatic carbocycles. The zero-order chi connectivity index (χ0) is 13.5. The standard InChI is InChI=1S/C14H25N3O2/c1-14(13(18)19,15-11-2-3-11)10-16-6-8-17(9-7-16)12-4-5-12/h11-12,15H,2-10H2,1H3,(H,18,19). The summed E-state index contributed by atoms with van der Waals surface area (Å²) in [5.41, 5.74) is -0.789. The molecule has 0 bridgehead atoms. The van der Waals surface area contributed by atoms with Gasteiger partial charge in [0.25, 0.3) is 0 Å². The van der Waals surface area contributed by atoms with Crippen LogP contribution in [0.3, 0.4) is 0 Å². The normalized spacial score (nSPS) is 29.1. The third-order valence-electron chi connectivity index (χ3n) is 4.58. The molecule has 1 aliphatic heterocycles. The lowest BCUT2D eigenvalue weighted by Gasteiger charge is -2.39. The summed E-state index contributed by atoms with van der Waals surface area (Å²) in [4.78, 5) is 16.4. The van der Waals surface area contributed by atoms with Crippen LogP contribution in [0, 0.1) is 0 Å². The van der Waals surface area contributed by atoms with Gasteiger partial charge in [-0.05, 0) is 32.6 Å². The van der Waals surface area contributed by atoms with Crippen LogP contribution in [0.5, 0.6) is 0 Å². The van der Waals surface area contributed by atoms with E-state index in [1.54, 1.807) is 0 Å². The minimum absolute atomic E-state index is 0.425. The third kappa shape index (κ3) is 3.27. The van der Waals surface area contributed by atoms with Crippen molar-refractivity contribution >= 4 is 5.97 Å². The lowest BCUT2D eigenvalue weighted by Crippen LogP contribution is -2.60. The zero-order valence-corrected chi connectivity index (χ0v) is 11.8. The van der Waals surface area contributed by atoms with Crippen molar-refractivity contribution in [1.82, 2.24) is 15.1 Å². The Kier molecular flexibility index (Phi) is 3.53. The first-order valence-corrected chi connectivity index (χ1v) is 7.54. The van der Waals surface area contributed by atoms with Crippen LogP contribution in [-0.4, -0.2) is 71.2 Å². The van der Waals surface area contributed by atoms with Crippen molar-refractivity contribution in [3.63, 3.8) is 0 Å². The zero-order valence-electron chi connectivity index (χ0n) is 11.8. The molecule has 0 spiro atoms. The average Bonchev–Trinajstić information content (AvgIpc) is 3.24. The van der Waals surface area contributed by atoms with Crippen LogP contribution < -0.4 is 5.32 Å². The van der Waals surface area contributed by atoms with Crippen LogP contribution in [0.1, 0.15) is 32.6 Å². The van der Waals surface area contributed by atoms with E-state index in [-0.39, 0.29) is 0 Å². The molecule has 0 radical (unpaired) electrons. The number of aliphatic carboxylic acids is 1. The van der Waals surface area contributed by atoms with Crippen molar-refractivity contribution in [2.45, 2.75) is 50.2 Å². The van der Waals surface area contributed by atoms with Crippen molar-refractivity contribution < 1.29 is 9.90 Å². The average molecular weight is 267 g/mol. The Morgan fingerprint density at radius 1 is 1.21 bits per heavy atom. The number of nitrogens with zero attached hydrogens (tertiary/aromatic N) is 2. The summed E-state index contributed by atoms with van der Waals surface area (Å²) in [6.07, 6.45) is 4.96. The number of hydrogen-bond acceptors (Lipinski definition) is 4. The van der Waals surface area contributed by atoms with E-state index >= 15 is 0 Å². The van der Waals surface area contributed by atoms with Crippen molar-refractivity contribution in [2.24, 2.45) is 0 Å². The van der Waals surface area contributed by atoms with E-state index in [0.29, 0.717) is 12.6 Å². The van der Waals surface area contributed by atoms with Gasteiger partial charge in [0.1, 0.15) is 5.54 Å². The van der Waals surface area contributed by atoms with Gasteiger partial charge in [-0.3, -0.25) is 19.9 Å². The lowest BCUT2D eigenvalue weighted by molar-refractivity contribution is -0.145. The molecule has 19 heavy (non-hydrogen) atoms. The van der Waals surface area contributed by atoms with Crippen LogP contribution in [-0.2, 0) is 4.79 Å². The number of carboxylic acids is 1. The fraction of sp³-hybridized carbons (Fsp3) is 0.929. The molecule has 1 atom stereocenters. The predicted molar refractivity (Wildman–Crippen MR) is 73.2 cm³/mol. The van der Waals surface area contributed by atoms with Gasteiger partial charge in [-0.15, -0.1) is 0 Å². The molecule has 108 valence electrons. The maximum absolute atomic E-state index is 11.5. The molecule has 1 unspecified atom stereocenters. The van der Waals surface area contributed by atoms with Gasteiger partial charge in [-0.1, -0.05) is 0 Å². The van der Waals surface area contributed by atoms with Crippen molar-refractivity contribution in [1.29, 1.82) is 0 Å². The van der Waals surface area contributed by atoms with Crippen LogP contribution in [0.15, 0.2) is 0 Å². The van der Waals surface area contributed by atoms with E-state index in [4.69, 9.17) is 0 Å². The van der Waals surface area contributed by atoms with Gasteiger partial charge in [0.2, 0.25) is 0 Å². The molecule has 5 heteroatoms. The second-order valence-corrected chi connectivity index (χ2v) is 6.60. The Hall–Kier alpha value is -0.650. The first-order chi connectivity index (χ1) is 9.07. The molecule has 2 N–H and O–H groups in total. The van der Waals surface area contributed by atoms with Gasteiger partial charge in [0, 0.05) is 44.8 Å². The SMILES string of the molecule is CC(CN1CCN(C2CC2)CC1)(NC1CC1)C(=O)O. The number of hydrogen-bond donors (Lipinski definition) is 2. The molecule has 0 aromatic rings. The fourth-order valence-corrected chi connectivity index (χ4v) is 3.03. The highest BCUT2D eigenvalue weighted by molar-refractivity contribution is 5.78. The molecule has 2 saturated carbocycles. The number of carboxylic acid groups (broad SMARTS) is 1. The quantitative estimate of drug-likeness (QED) is 0.728. The molecule has 0 amide bonds. The minimum Gasteiger partial charge on any atom is -0.480 e. The number of carbonyl (C=O) groups is 1. The number of rotatable bonds is 6. The van der Waals surface area contributed by atoms with E-state index in [1.165, 1.54) is 12.8 Å². The van der Waals surface area contributed by atoms with Gasteiger partial charge in [-0.25, -0.2) is 0 Å². The topological polar surface area (TPSA) is 55.8 Å². The molecule has 3 rings (SSSR count). The molecule has 1 heterocycles. The Morgan fingerprint density at radius 2 is 1.84 bits per heavy atom. The largest absolute Gasteiger partial charge is 0.480 e. The Bertz CT molecular complexity index is 347. The van der Waals surface area contributed by atoms with Gasteiger partial charge in [-0.2, -0.15) is 0 Å². The Morgan fingerprint density at radius 3 is 2.32 bits per heavy atom. The molecular weight excluding hydrogens is 242 g/mol. The summed E-state index contributed by atoms with van der Waals surface area (Å²) in [7, 11) is 0. The van der Waals surface area contributed by atoms with Crippen molar-refractivity contribution in [3.05, 3.63) is 0 Å². The van der Waals surface area contributed by atoms with Crippen LogP contribution >= 0.6 is 0 Å². The smallest absolute Gasteiger partial charge is 0.324 e. The summed E-state index contributed by atoms with van der Waals surface area (Å²) in [5.74, 6) is -0.718. The number of nitrogens with one attached hydrogen (secondary N) is 1. The van der Waals surface area contributed by atoms with Crippen molar-refractivity contribution in [2.75, 3.05) is 32.7 Å². The Balaban J connectivity index is 1.51. The second-order valence-electron chi connectivity index (χ2n) is 6.60. The summed E-state index contributed by atoms with van der Waals surface area (Å²) in [6, 6.07) is 1.26. The third-order valence-corrected chi connectivity index (χ3v) is 4.58. The Labute approximate surface area is 114 Å². The van der Waals surface area contributed by atoms with Gasteiger partial charge < -0.3 is 5.11 Å². The highest BCUT2D eigenvalue weighted by atomic mass is 16.4. The van der Waals surface area contributed by atoms with Crippen LogP contribution in [0.2, 0.25) is 0 Å². The van der Waals surface area contributed by atoms with Crippen LogP contribution in [0.4, 0.5) is 0 Å². The summed E-state index contributed by atoms with van der Waals surface area (Å²) in [5, 5.41) is 12.8. The second kappa shape index (κ2) is 5.04. The maximum atomic E-state index is 11.5. The number of piperazine rings is 1. The van der Waals surface area contributed by atoms with E-state index in [1.807, 2.05) is 6.92 Å². The summed E-state index contributed by atoms with van der Waals surface area (Å²) < 4.78 is 0. The monoisotopic (exact) mass is 267 g/mol. The molecule has 1 saturated heterocycles.